The molecule has 1 N–H and O–H groups in total. The van der Waals surface area contributed by atoms with Crippen LogP contribution in [0, 0.1) is 0 Å². The quantitative estimate of drug-likeness (QED) is 0.606. The highest BCUT2D eigenvalue weighted by molar-refractivity contribution is 5.95. The molecular formula is C20H20N6. The minimum Gasteiger partial charge on any atom is -0.368 e. The van der Waals surface area contributed by atoms with Crippen molar-refractivity contribution >= 4 is 27.6 Å². The SMILES string of the molecule is CN1CCN(c2ccnc3ccc(-c4cnc5[nH]ncc5c4)cc23)CC1. The molecule has 1 aliphatic heterocycles. The third-order valence-electron chi connectivity index (χ3n) is 5.19. The Labute approximate surface area is 151 Å². The van der Waals surface area contributed by atoms with Crippen LogP contribution in [0.15, 0.2) is 48.9 Å². The molecule has 0 bridgehead atoms. The Hall–Kier alpha value is -2.99. The Morgan fingerprint density at radius 3 is 2.69 bits per heavy atom. The van der Waals surface area contributed by atoms with Crippen molar-refractivity contribution in [3.63, 3.8) is 0 Å². The van der Waals surface area contributed by atoms with Gasteiger partial charge in [0.25, 0.3) is 0 Å². The molecule has 1 saturated heterocycles. The lowest BCUT2D eigenvalue weighted by atomic mass is 10.0. The van der Waals surface area contributed by atoms with Crippen LogP contribution in [-0.4, -0.2) is 58.3 Å². The molecule has 1 aromatic carbocycles. The Morgan fingerprint density at radius 1 is 0.923 bits per heavy atom. The van der Waals surface area contributed by atoms with Crippen molar-refractivity contribution in [3.8, 4) is 11.1 Å². The van der Waals surface area contributed by atoms with Crippen LogP contribution in [0.2, 0.25) is 0 Å². The maximum atomic E-state index is 4.56. The number of hydrogen-bond donors (Lipinski definition) is 1. The van der Waals surface area contributed by atoms with Crippen LogP contribution in [0.25, 0.3) is 33.1 Å². The lowest BCUT2D eigenvalue weighted by Crippen LogP contribution is -2.44. The molecule has 0 saturated carbocycles. The van der Waals surface area contributed by atoms with Crippen molar-refractivity contribution in [2.24, 2.45) is 0 Å². The van der Waals surface area contributed by atoms with Crippen molar-refractivity contribution in [1.82, 2.24) is 25.1 Å². The predicted octanol–water partition coefficient (Wildman–Crippen LogP) is 2.92. The average Bonchev–Trinajstić information content (AvgIpc) is 3.15. The first kappa shape index (κ1) is 15.3. The van der Waals surface area contributed by atoms with E-state index in [0.717, 1.165) is 53.9 Å². The Balaban J connectivity index is 1.60. The number of likely N-dealkylation sites (N-methyl/N-ethyl adjacent to an activating group) is 1. The summed E-state index contributed by atoms with van der Waals surface area (Å²) in [5, 5.41) is 9.18. The fourth-order valence-electron chi connectivity index (χ4n) is 3.63. The lowest BCUT2D eigenvalue weighted by molar-refractivity contribution is 0.313. The molecule has 130 valence electrons. The van der Waals surface area contributed by atoms with Gasteiger partial charge in [-0.3, -0.25) is 10.1 Å². The Kier molecular flexibility index (Phi) is 3.57. The number of benzene rings is 1. The molecule has 3 aromatic heterocycles. The number of H-pyrrole nitrogens is 1. The van der Waals surface area contributed by atoms with E-state index >= 15 is 0 Å². The Morgan fingerprint density at radius 2 is 1.81 bits per heavy atom. The van der Waals surface area contributed by atoms with Gasteiger partial charge in [0, 0.05) is 60.6 Å². The van der Waals surface area contributed by atoms with Gasteiger partial charge in [-0.25, -0.2) is 4.98 Å². The largest absolute Gasteiger partial charge is 0.368 e. The number of aromatic amines is 1. The van der Waals surface area contributed by atoms with Crippen LogP contribution in [0.5, 0.6) is 0 Å². The zero-order valence-electron chi connectivity index (χ0n) is 14.7. The highest BCUT2D eigenvalue weighted by Crippen LogP contribution is 2.31. The van der Waals surface area contributed by atoms with Crippen LogP contribution in [0.3, 0.4) is 0 Å². The number of anilines is 1. The summed E-state index contributed by atoms with van der Waals surface area (Å²) in [7, 11) is 2.18. The summed E-state index contributed by atoms with van der Waals surface area (Å²) in [5.74, 6) is 0. The number of rotatable bonds is 2. The smallest absolute Gasteiger partial charge is 0.155 e. The maximum absolute atomic E-state index is 4.56. The first-order chi connectivity index (χ1) is 12.8. The average molecular weight is 344 g/mol. The van der Waals surface area contributed by atoms with Gasteiger partial charge in [0.2, 0.25) is 0 Å². The van der Waals surface area contributed by atoms with Crippen molar-refractivity contribution in [1.29, 1.82) is 0 Å². The van der Waals surface area contributed by atoms with Crippen LogP contribution in [-0.2, 0) is 0 Å². The van der Waals surface area contributed by atoms with E-state index in [9.17, 15) is 0 Å². The minimum absolute atomic E-state index is 0.814. The lowest BCUT2D eigenvalue weighted by Gasteiger charge is -2.34. The summed E-state index contributed by atoms with van der Waals surface area (Å²) in [4.78, 5) is 13.9. The monoisotopic (exact) mass is 344 g/mol. The number of hydrogen-bond acceptors (Lipinski definition) is 5. The van der Waals surface area contributed by atoms with E-state index in [1.54, 1.807) is 0 Å². The molecular weight excluding hydrogens is 324 g/mol. The zero-order chi connectivity index (χ0) is 17.5. The van der Waals surface area contributed by atoms with E-state index in [0.29, 0.717) is 0 Å². The second kappa shape index (κ2) is 6.07. The van der Waals surface area contributed by atoms with Crippen molar-refractivity contribution in [3.05, 3.63) is 48.9 Å². The van der Waals surface area contributed by atoms with Gasteiger partial charge >= 0.3 is 0 Å². The molecule has 0 unspecified atom stereocenters. The fraction of sp³-hybridized carbons (Fsp3) is 0.250. The van der Waals surface area contributed by atoms with E-state index in [2.05, 4.69) is 67.3 Å². The molecule has 0 spiro atoms. The molecule has 6 heteroatoms. The summed E-state index contributed by atoms with van der Waals surface area (Å²) in [6.07, 6.45) is 5.62. The molecule has 5 rings (SSSR count). The van der Waals surface area contributed by atoms with Crippen molar-refractivity contribution < 1.29 is 0 Å². The standard InChI is InChI=1S/C20H20N6/c1-25-6-8-26(9-7-25)19-4-5-21-18-3-2-14(11-17(18)19)15-10-16-13-23-24-20(16)22-12-15/h2-5,10-13H,6-9H2,1H3,(H,22,23,24). The summed E-state index contributed by atoms with van der Waals surface area (Å²) in [6.45, 7) is 4.26. The Bertz CT molecular complexity index is 1080. The number of aromatic nitrogens is 4. The third-order valence-corrected chi connectivity index (χ3v) is 5.19. The van der Waals surface area contributed by atoms with Crippen LogP contribution in [0.4, 0.5) is 5.69 Å². The van der Waals surface area contributed by atoms with E-state index in [1.807, 2.05) is 18.6 Å². The van der Waals surface area contributed by atoms with Crippen LogP contribution < -0.4 is 4.90 Å². The molecule has 6 nitrogen and oxygen atoms in total. The molecule has 0 radical (unpaired) electrons. The van der Waals surface area contributed by atoms with Crippen molar-refractivity contribution in [2.75, 3.05) is 38.1 Å². The van der Waals surface area contributed by atoms with E-state index in [4.69, 9.17) is 0 Å². The van der Waals surface area contributed by atoms with Gasteiger partial charge in [0.1, 0.15) is 0 Å². The van der Waals surface area contributed by atoms with Gasteiger partial charge in [-0.05, 0) is 36.9 Å². The van der Waals surface area contributed by atoms with Gasteiger partial charge in [-0.2, -0.15) is 5.10 Å². The molecule has 1 aliphatic rings. The van der Waals surface area contributed by atoms with Crippen molar-refractivity contribution in [2.45, 2.75) is 0 Å². The maximum Gasteiger partial charge on any atom is 0.155 e. The van der Waals surface area contributed by atoms with Gasteiger partial charge in [0.05, 0.1) is 11.7 Å². The highest BCUT2D eigenvalue weighted by Gasteiger charge is 2.17. The first-order valence-corrected chi connectivity index (χ1v) is 8.90. The van der Waals surface area contributed by atoms with Gasteiger partial charge in [-0.1, -0.05) is 6.07 Å². The minimum atomic E-state index is 0.814. The number of pyridine rings is 2. The number of nitrogens with zero attached hydrogens (tertiary/aromatic N) is 5. The summed E-state index contributed by atoms with van der Waals surface area (Å²) < 4.78 is 0. The second-order valence-corrected chi connectivity index (χ2v) is 6.88. The van der Waals surface area contributed by atoms with Gasteiger partial charge in [-0.15, -0.1) is 0 Å². The summed E-state index contributed by atoms with van der Waals surface area (Å²) >= 11 is 0. The molecule has 4 aromatic rings. The van der Waals surface area contributed by atoms with Gasteiger partial charge < -0.3 is 9.80 Å². The van der Waals surface area contributed by atoms with E-state index in [-0.39, 0.29) is 0 Å². The normalized spacial score (nSPS) is 15.8. The molecule has 4 heterocycles. The molecule has 0 amide bonds. The summed E-state index contributed by atoms with van der Waals surface area (Å²) in [5.41, 5.74) is 5.35. The molecule has 0 aliphatic carbocycles. The highest BCUT2D eigenvalue weighted by atomic mass is 15.2. The second-order valence-electron chi connectivity index (χ2n) is 6.88. The number of nitrogens with one attached hydrogen (secondary N) is 1. The van der Waals surface area contributed by atoms with E-state index in [1.165, 1.54) is 11.1 Å². The zero-order valence-corrected chi connectivity index (χ0v) is 14.7. The van der Waals surface area contributed by atoms with Crippen LogP contribution in [0.1, 0.15) is 0 Å². The number of fused-ring (bicyclic) bond motifs is 2. The first-order valence-electron chi connectivity index (χ1n) is 8.90. The summed E-state index contributed by atoms with van der Waals surface area (Å²) in [6, 6.07) is 10.7. The molecule has 26 heavy (non-hydrogen) atoms. The molecule has 0 atom stereocenters. The van der Waals surface area contributed by atoms with Crippen LogP contribution >= 0.6 is 0 Å². The third kappa shape index (κ3) is 2.59. The van der Waals surface area contributed by atoms with Gasteiger partial charge in [0.15, 0.2) is 5.65 Å². The predicted molar refractivity (Wildman–Crippen MR) is 104 cm³/mol. The van der Waals surface area contributed by atoms with E-state index < -0.39 is 0 Å². The molecule has 1 fully saturated rings. The number of piperazine rings is 1. The topological polar surface area (TPSA) is 60.9 Å². The fourth-order valence-corrected chi connectivity index (χ4v) is 3.63.